The highest BCUT2D eigenvalue weighted by Gasteiger charge is 2.31. The summed E-state index contributed by atoms with van der Waals surface area (Å²) in [5, 5.41) is 0. The highest BCUT2D eigenvalue weighted by molar-refractivity contribution is 8.00. The molecule has 2 nitrogen and oxygen atoms in total. The van der Waals surface area contributed by atoms with Crippen molar-refractivity contribution in [2.75, 3.05) is 18.8 Å². The highest BCUT2D eigenvalue weighted by atomic mass is 35.5. The first-order chi connectivity index (χ1) is 9.43. The SMILES string of the molecule is CCC(N)C(c1ccc(Cl)s1)N1CCSC(C)(C)CC1. The fourth-order valence-electron chi connectivity index (χ4n) is 2.69. The smallest absolute Gasteiger partial charge is 0.0931 e. The van der Waals surface area contributed by atoms with Crippen LogP contribution in [-0.4, -0.2) is 34.5 Å². The second kappa shape index (κ2) is 7.01. The zero-order valence-electron chi connectivity index (χ0n) is 12.6. The summed E-state index contributed by atoms with van der Waals surface area (Å²) in [6.07, 6.45) is 2.21. The maximum atomic E-state index is 6.42. The Balaban J connectivity index is 2.18. The summed E-state index contributed by atoms with van der Waals surface area (Å²) < 4.78 is 1.24. The van der Waals surface area contributed by atoms with E-state index in [0.29, 0.717) is 10.8 Å². The molecule has 1 saturated heterocycles. The Morgan fingerprint density at radius 2 is 2.15 bits per heavy atom. The maximum absolute atomic E-state index is 6.42. The number of rotatable bonds is 4. The number of hydrogen-bond donors (Lipinski definition) is 1. The van der Waals surface area contributed by atoms with Crippen LogP contribution in [-0.2, 0) is 0 Å². The first-order valence-electron chi connectivity index (χ1n) is 7.32. The van der Waals surface area contributed by atoms with E-state index >= 15 is 0 Å². The van der Waals surface area contributed by atoms with Gasteiger partial charge in [0.25, 0.3) is 0 Å². The van der Waals surface area contributed by atoms with E-state index in [0.717, 1.165) is 23.8 Å². The zero-order chi connectivity index (χ0) is 14.8. The van der Waals surface area contributed by atoms with Crippen LogP contribution in [0.15, 0.2) is 12.1 Å². The Morgan fingerprint density at radius 1 is 1.40 bits per heavy atom. The molecule has 0 bridgehead atoms. The predicted molar refractivity (Wildman–Crippen MR) is 93.1 cm³/mol. The van der Waals surface area contributed by atoms with Crippen molar-refractivity contribution in [3.8, 4) is 0 Å². The second-order valence-corrected chi connectivity index (χ2v) is 9.60. The van der Waals surface area contributed by atoms with Gasteiger partial charge in [-0.15, -0.1) is 11.3 Å². The number of thiophene rings is 1. The van der Waals surface area contributed by atoms with Gasteiger partial charge in [0, 0.05) is 34.5 Å². The van der Waals surface area contributed by atoms with Crippen LogP contribution >= 0.6 is 34.7 Å². The van der Waals surface area contributed by atoms with Crippen molar-refractivity contribution in [1.29, 1.82) is 0 Å². The van der Waals surface area contributed by atoms with Gasteiger partial charge >= 0.3 is 0 Å². The molecule has 1 aromatic heterocycles. The van der Waals surface area contributed by atoms with E-state index in [1.54, 1.807) is 11.3 Å². The van der Waals surface area contributed by atoms with E-state index in [1.165, 1.54) is 17.1 Å². The summed E-state index contributed by atoms with van der Waals surface area (Å²) in [7, 11) is 0. The maximum Gasteiger partial charge on any atom is 0.0931 e. The van der Waals surface area contributed by atoms with Crippen molar-refractivity contribution in [3.63, 3.8) is 0 Å². The number of nitrogens with zero attached hydrogens (tertiary/aromatic N) is 1. The molecule has 1 aromatic rings. The fourth-order valence-corrected chi connectivity index (χ4v) is 5.07. The lowest BCUT2D eigenvalue weighted by molar-refractivity contribution is 0.180. The third-order valence-corrected chi connectivity index (χ3v) is 6.70. The van der Waals surface area contributed by atoms with Crippen molar-refractivity contribution in [2.45, 2.75) is 50.4 Å². The molecule has 2 atom stereocenters. The molecule has 0 aromatic carbocycles. The summed E-state index contributed by atoms with van der Waals surface area (Å²) in [6.45, 7) is 9.09. The Labute approximate surface area is 136 Å². The molecule has 0 amide bonds. The minimum absolute atomic E-state index is 0.177. The monoisotopic (exact) mass is 332 g/mol. The molecule has 20 heavy (non-hydrogen) atoms. The Morgan fingerprint density at radius 3 is 2.75 bits per heavy atom. The molecule has 0 aliphatic carbocycles. The van der Waals surface area contributed by atoms with Crippen molar-refractivity contribution in [2.24, 2.45) is 5.73 Å². The van der Waals surface area contributed by atoms with E-state index in [2.05, 4.69) is 43.5 Å². The van der Waals surface area contributed by atoms with Crippen molar-refractivity contribution >= 4 is 34.7 Å². The molecule has 1 aliphatic rings. The number of halogens is 1. The molecule has 114 valence electrons. The van der Waals surface area contributed by atoms with Gasteiger partial charge in [-0.1, -0.05) is 32.4 Å². The van der Waals surface area contributed by atoms with Crippen LogP contribution in [0.5, 0.6) is 0 Å². The largest absolute Gasteiger partial charge is 0.326 e. The molecule has 2 N–H and O–H groups in total. The van der Waals surface area contributed by atoms with Crippen molar-refractivity contribution < 1.29 is 0 Å². The van der Waals surface area contributed by atoms with Crippen LogP contribution < -0.4 is 5.73 Å². The molecule has 0 radical (unpaired) electrons. The average Bonchev–Trinajstić information content (AvgIpc) is 2.73. The van der Waals surface area contributed by atoms with Gasteiger partial charge in [-0.3, -0.25) is 4.90 Å². The molecule has 1 aliphatic heterocycles. The average molecular weight is 333 g/mol. The summed E-state index contributed by atoms with van der Waals surface area (Å²) in [6, 6.07) is 4.63. The van der Waals surface area contributed by atoms with E-state index in [4.69, 9.17) is 17.3 Å². The first-order valence-corrected chi connectivity index (χ1v) is 9.50. The molecule has 0 saturated carbocycles. The van der Waals surface area contributed by atoms with Gasteiger partial charge in [0.1, 0.15) is 0 Å². The van der Waals surface area contributed by atoms with Gasteiger partial charge in [0.2, 0.25) is 0 Å². The van der Waals surface area contributed by atoms with Gasteiger partial charge < -0.3 is 5.73 Å². The number of nitrogens with two attached hydrogens (primary N) is 1. The van der Waals surface area contributed by atoms with Crippen molar-refractivity contribution in [1.82, 2.24) is 4.90 Å². The quantitative estimate of drug-likeness (QED) is 0.886. The molecule has 2 rings (SSSR count). The third kappa shape index (κ3) is 4.14. The van der Waals surface area contributed by atoms with Gasteiger partial charge in [0.15, 0.2) is 0 Å². The second-order valence-electron chi connectivity index (χ2n) is 6.05. The van der Waals surface area contributed by atoms with E-state index in [-0.39, 0.29) is 6.04 Å². The van der Waals surface area contributed by atoms with Crippen LogP contribution in [0, 0.1) is 0 Å². The Hall–Kier alpha value is 0.260. The summed E-state index contributed by atoms with van der Waals surface area (Å²) in [5.74, 6) is 1.18. The highest BCUT2D eigenvalue weighted by Crippen LogP contribution is 2.37. The van der Waals surface area contributed by atoms with Gasteiger partial charge in [-0.05, 0) is 25.0 Å². The third-order valence-electron chi connectivity index (χ3n) is 4.03. The van der Waals surface area contributed by atoms with Gasteiger partial charge in [-0.25, -0.2) is 0 Å². The molecular formula is C15H25ClN2S2. The normalized spacial score (nSPS) is 23.2. The van der Waals surface area contributed by atoms with E-state index in [9.17, 15) is 0 Å². The molecule has 0 spiro atoms. The first kappa shape index (κ1) is 16.6. The molecule has 5 heteroatoms. The standard InChI is InChI=1S/C15H25ClN2S2/c1-4-11(17)14(12-5-6-13(16)20-12)18-8-7-15(2,3)19-10-9-18/h5-6,11,14H,4,7-10,17H2,1-3H3. The molecule has 1 fully saturated rings. The van der Waals surface area contributed by atoms with E-state index < -0.39 is 0 Å². The predicted octanol–water partition coefficient (Wildman–Crippen LogP) is 4.40. The van der Waals surface area contributed by atoms with Crippen LogP contribution in [0.1, 0.15) is 44.5 Å². The summed E-state index contributed by atoms with van der Waals surface area (Å²) >= 11 is 9.88. The number of hydrogen-bond acceptors (Lipinski definition) is 4. The zero-order valence-corrected chi connectivity index (χ0v) is 15.0. The molecular weight excluding hydrogens is 308 g/mol. The lowest BCUT2D eigenvalue weighted by Gasteiger charge is -2.34. The lowest BCUT2D eigenvalue weighted by Crippen LogP contribution is -2.41. The topological polar surface area (TPSA) is 29.3 Å². The van der Waals surface area contributed by atoms with Crippen LogP contribution in [0.3, 0.4) is 0 Å². The Bertz CT molecular complexity index is 433. The van der Waals surface area contributed by atoms with Crippen LogP contribution in [0.25, 0.3) is 0 Å². The van der Waals surface area contributed by atoms with Gasteiger partial charge in [-0.2, -0.15) is 11.8 Å². The molecule has 2 unspecified atom stereocenters. The molecule has 2 heterocycles. The van der Waals surface area contributed by atoms with E-state index in [1.807, 2.05) is 6.07 Å². The van der Waals surface area contributed by atoms with Crippen LogP contribution in [0.2, 0.25) is 4.34 Å². The lowest BCUT2D eigenvalue weighted by atomic mass is 10.0. The Kier molecular flexibility index (Phi) is 5.83. The minimum atomic E-state index is 0.177. The van der Waals surface area contributed by atoms with Gasteiger partial charge in [0.05, 0.1) is 10.4 Å². The fraction of sp³-hybridized carbons (Fsp3) is 0.733. The summed E-state index contributed by atoms with van der Waals surface area (Å²) in [4.78, 5) is 3.88. The minimum Gasteiger partial charge on any atom is -0.326 e. The van der Waals surface area contributed by atoms with Crippen molar-refractivity contribution in [3.05, 3.63) is 21.3 Å². The summed E-state index contributed by atoms with van der Waals surface area (Å²) in [5.41, 5.74) is 6.42. The number of thioether (sulfide) groups is 1. The van der Waals surface area contributed by atoms with Crippen LogP contribution in [0.4, 0.5) is 0 Å².